The highest BCUT2D eigenvalue weighted by Gasteiger charge is 2.22. The molecule has 0 fully saturated rings. The van der Waals surface area contributed by atoms with Gasteiger partial charge in [-0.3, -0.25) is 19.2 Å². The number of anilines is 1. The molecule has 10 heteroatoms. The van der Waals surface area contributed by atoms with Gasteiger partial charge in [-0.15, -0.1) is 0 Å². The fourth-order valence-electron chi connectivity index (χ4n) is 2.76. The first kappa shape index (κ1) is 24.6. The van der Waals surface area contributed by atoms with Crippen molar-refractivity contribution < 1.29 is 23.9 Å². The van der Waals surface area contributed by atoms with Gasteiger partial charge in [-0.2, -0.15) is 0 Å². The third-order valence-electron chi connectivity index (χ3n) is 4.51. The zero-order chi connectivity index (χ0) is 23.8. The Morgan fingerprint density at radius 1 is 1.19 bits per heavy atom. The molecule has 0 radical (unpaired) electrons. The van der Waals surface area contributed by atoms with Crippen LogP contribution < -0.4 is 20.9 Å². The smallest absolute Gasteiger partial charge is 0.302 e. The molecule has 0 bridgehead atoms. The molecule has 2 amide bonds. The summed E-state index contributed by atoms with van der Waals surface area (Å²) in [6.07, 6.45) is 0.781. The van der Waals surface area contributed by atoms with E-state index in [1.54, 1.807) is 32.0 Å². The van der Waals surface area contributed by atoms with Crippen LogP contribution in [-0.2, 0) is 19.1 Å². The number of nitrogens with zero attached hydrogens (tertiary/aromatic N) is 1. The van der Waals surface area contributed by atoms with Crippen LogP contribution in [0.2, 0.25) is 0 Å². The topological polar surface area (TPSA) is 139 Å². The van der Waals surface area contributed by atoms with Gasteiger partial charge in [0.1, 0.15) is 24.2 Å². The van der Waals surface area contributed by atoms with E-state index in [4.69, 9.17) is 9.47 Å². The van der Waals surface area contributed by atoms with Crippen molar-refractivity contribution in [2.75, 3.05) is 18.5 Å². The minimum absolute atomic E-state index is 0.268. The lowest BCUT2D eigenvalue weighted by molar-refractivity contribution is -0.143. The van der Waals surface area contributed by atoms with Gasteiger partial charge in [-0.1, -0.05) is 6.92 Å². The number of aromatic nitrogens is 2. The molecule has 3 N–H and O–H groups in total. The second-order valence-electron chi connectivity index (χ2n) is 7.23. The normalized spacial score (nSPS) is 11.4. The number of H-pyrrole nitrogens is 1. The number of carbonyl (C=O) groups is 3. The van der Waals surface area contributed by atoms with Crippen LogP contribution in [0.1, 0.15) is 38.4 Å². The monoisotopic (exact) mass is 444 g/mol. The van der Waals surface area contributed by atoms with E-state index in [0.29, 0.717) is 40.7 Å². The number of rotatable bonds is 9. The number of nitrogens with one attached hydrogen (secondary N) is 3. The third kappa shape index (κ3) is 6.66. The van der Waals surface area contributed by atoms with Crippen molar-refractivity contribution in [2.24, 2.45) is 0 Å². The minimum atomic E-state index is -1.07. The van der Waals surface area contributed by atoms with Crippen LogP contribution in [0.4, 0.5) is 5.69 Å². The summed E-state index contributed by atoms with van der Waals surface area (Å²) in [5, 5.41) is 5.13. The maximum absolute atomic E-state index is 12.7. The molecule has 10 nitrogen and oxygen atoms in total. The number of hydrogen-bond donors (Lipinski definition) is 3. The number of aromatic amines is 1. The lowest BCUT2D eigenvalue weighted by Gasteiger charge is -2.18. The van der Waals surface area contributed by atoms with Gasteiger partial charge in [0, 0.05) is 30.8 Å². The zero-order valence-electron chi connectivity index (χ0n) is 18.8. The molecule has 1 heterocycles. The van der Waals surface area contributed by atoms with Crippen LogP contribution in [0.3, 0.4) is 0 Å². The highest BCUT2D eigenvalue weighted by Crippen LogP contribution is 2.31. The Labute approximate surface area is 185 Å². The summed E-state index contributed by atoms with van der Waals surface area (Å²) in [5.74, 6) is -0.791. The van der Waals surface area contributed by atoms with Gasteiger partial charge in [0.05, 0.1) is 12.2 Å². The van der Waals surface area contributed by atoms with Gasteiger partial charge in [0.25, 0.3) is 11.5 Å². The predicted molar refractivity (Wildman–Crippen MR) is 118 cm³/mol. The molecular formula is C22H28N4O6. The summed E-state index contributed by atoms with van der Waals surface area (Å²) in [4.78, 5) is 54.7. The van der Waals surface area contributed by atoms with Crippen LogP contribution in [-0.4, -0.2) is 47.0 Å². The molecule has 1 unspecified atom stereocenters. The Hall–Kier alpha value is -3.69. The van der Waals surface area contributed by atoms with E-state index in [1.807, 2.05) is 6.92 Å². The van der Waals surface area contributed by atoms with E-state index in [9.17, 15) is 19.2 Å². The number of hydrogen-bond acceptors (Lipinski definition) is 7. The van der Waals surface area contributed by atoms with Crippen molar-refractivity contribution in [3.8, 4) is 17.1 Å². The first-order valence-electron chi connectivity index (χ1n) is 10.2. The molecular weight excluding hydrogens is 416 g/mol. The summed E-state index contributed by atoms with van der Waals surface area (Å²) in [7, 11) is 0. The molecule has 1 atom stereocenters. The Bertz CT molecular complexity index is 1060. The first-order chi connectivity index (χ1) is 15.1. The van der Waals surface area contributed by atoms with Crippen LogP contribution in [0.25, 0.3) is 11.4 Å². The predicted octanol–water partition coefficient (Wildman–Crippen LogP) is 1.85. The van der Waals surface area contributed by atoms with Gasteiger partial charge in [0.15, 0.2) is 0 Å². The Morgan fingerprint density at radius 3 is 2.50 bits per heavy atom. The lowest BCUT2D eigenvalue weighted by Crippen LogP contribution is -2.46. The summed E-state index contributed by atoms with van der Waals surface area (Å²) in [5.41, 5.74) is 1.69. The Kier molecular flexibility index (Phi) is 8.51. The fraction of sp³-hybridized carbons (Fsp3) is 0.409. The van der Waals surface area contributed by atoms with Crippen molar-refractivity contribution >= 4 is 23.5 Å². The number of benzene rings is 1. The van der Waals surface area contributed by atoms with Gasteiger partial charge in [-0.25, -0.2) is 4.98 Å². The average Bonchev–Trinajstić information content (AvgIpc) is 2.73. The van der Waals surface area contributed by atoms with Crippen LogP contribution in [0, 0.1) is 13.8 Å². The average molecular weight is 444 g/mol. The van der Waals surface area contributed by atoms with E-state index in [1.165, 1.54) is 13.8 Å². The van der Waals surface area contributed by atoms with Gasteiger partial charge in [0.2, 0.25) is 5.91 Å². The molecule has 0 saturated heterocycles. The van der Waals surface area contributed by atoms with Gasteiger partial charge >= 0.3 is 5.97 Å². The molecule has 0 aliphatic rings. The lowest BCUT2D eigenvalue weighted by atomic mass is 10.1. The quantitative estimate of drug-likeness (QED) is 0.502. The molecule has 32 heavy (non-hydrogen) atoms. The second-order valence-corrected chi connectivity index (χ2v) is 7.23. The van der Waals surface area contributed by atoms with Crippen molar-refractivity contribution in [2.45, 2.75) is 47.1 Å². The fourth-order valence-corrected chi connectivity index (χ4v) is 2.76. The number of amides is 2. The molecule has 2 rings (SSSR count). The molecule has 1 aromatic carbocycles. The Balaban J connectivity index is 2.39. The summed E-state index contributed by atoms with van der Waals surface area (Å²) >= 11 is 0. The maximum atomic E-state index is 12.7. The highest BCUT2D eigenvalue weighted by molar-refractivity contribution is 5.97. The Morgan fingerprint density at radius 2 is 1.91 bits per heavy atom. The van der Waals surface area contributed by atoms with E-state index in [2.05, 4.69) is 20.6 Å². The maximum Gasteiger partial charge on any atom is 0.302 e. The number of carbonyl (C=O) groups excluding carboxylic acids is 3. The number of ether oxygens (including phenoxy) is 2. The summed E-state index contributed by atoms with van der Waals surface area (Å²) < 4.78 is 10.7. The largest absolute Gasteiger partial charge is 0.493 e. The van der Waals surface area contributed by atoms with Crippen LogP contribution >= 0.6 is 0 Å². The first-order valence-corrected chi connectivity index (χ1v) is 10.2. The summed E-state index contributed by atoms with van der Waals surface area (Å²) in [6, 6.07) is 3.83. The molecule has 172 valence electrons. The number of esters is 1. The molecule has 0 spiro atoms. The van der Waals surface area contributed by atoms with E-state index in [0.717, 1.165) is 6.42 Å². The minimum Gasteiger partial charge on any atom is -0.493 e. The molecule has 0 aliphatic carbocycles. The SMILES string of the molecule is CCCOc1ccc(NC(=O)C(COC(C)=O)NC(C)=O)cc1-c1nc(C)c(C)c(=O)[nH]1. The molecule has 0 aliphatic heterocycles. The van der Waals surface area contributed by atoms with Crippen molar-refractivity contribution in [3.05, 3.63) is 39.8 Å². The number of aryl methyl sites for hydroxylation is 1. The standard InChI is InChI=1S/C22H28N4O6/c1-6-9-31-19-8-7-16(10-17(19)20-23-13(3)12(2)21(29)26-20)25-22(30)18(24-14(4)27)11-32-15(5)28/h7-8,10,18H,6,9,11H2,1-5H3,(H,24,27)(H,25,30)(H,23,26,29). The van der Waals surface area contributed by atoms with Gasteiger partial charge < -0.3 is 25.1 Å². The molecule has 1 aromatic heterocycles. The van der Waals surface area contributed by atoms with Crippen LogP contribution in [0.5, 0.6) is 5.75 Å². The molecule has 0 saturated carbocycles. The second kappa shape index (κ2) is 11.1. The van der Waals surface area contributed by atoms with Crippen LogP contribution in [0.15, 0.2) is 23.0 Å². The van der Waals surface area contributed by atoms with Crippen molar-refractivity contribution in [3.63, 3.8) is 0 Å². The van der Waals surface area contributed by atoms with Crippen molar-refractivity contribution in [1.29, 1.82) is 0 Å². The van der Waals surface area contributed by atoms with E-state index in [-0.39, 0.29) is 12.2 Å². The summed E-state index contributed by atoms with van der Waals surface area (Å²) in [6.45, 7) is 8.00. The van der Waals surface area contributed by atoms with E-state index < -0.39 is 23.8 Å². The highest BCUT2D eigenvalue weighted by atomic mass is 16.5. The van der Waals surface area contributed by atoms with Crippen molar-refractivity contribution in [1.82, 2.24) is 15.3 Å². The van der Waals surface area contributed by atoms with Gasteiger partial charge in [-0.05, 0) is 38.5 Å². The van der Waals surface area contributed by atoms with E-state index >= 15 is 0 Å². The molecule has 2 aromatic rings. The third-order valence-corrected chi connectivity index (χ3v) is 4.51. The zero-order valence-corrected chi connectivity index (χ0v) is 18.8.